The molecule has 0 radical (unpaired) electrons. The second kappa shape index (κ2) is 17.5. The maximum absolute atomic E-state index is 6.16. The molecule has 0 bridgehead atoms. The van der Waals surface area contributed by atoms with Crippen LogP contribution in [0.3, 0.4) is 0 Å². The van der Waals surface area contributed by atoms with E-state index in [1.807, 2.05) is 0 Å². The number of hydrogen-bond donors (Lipinski definition) is 0. The highest BCUT2D eigenvalue weighted by atomic mass is 16.5. The van der Waals surface area contributed by atoms with E-state index in [-0.39, 0.29) is 0 Å². The van der Waals surface area contributed by atoms with Crippen molar-refractivity contribution in [3.8, 4) is 11.5 Å². The van der Waals surface area contributed by atoms with Crippen LogP contribution in [0.15, 0.2) is 36.4 Å². The molecule has 214 valence electrons. The monoisotopic (exact) mass is 528 g/mol. The summed E-state index contributed by atoms with van der Waals surface area (Å²) in [6.45, 7) is 24.9. The van der Waals surface area contributed by atoms with Gasteiger partial charge in [-0.1, -0.05) is 50.2 Å². The van der Waals surface area contributed by atoms with Gasteiger partial charge in [0.1, 0.15) is 24.7 Å². The van der Waals surface area contributed by atoms with Gasteiger partial charge in [0.15, 0.2) is 0 Å². The molecule has 0 fully saturated rings. The smallest absolute Gasteiger partial charge is 0.125 e. The van der Waals surface area contributed by atoms with Crippen molar-refractivity contribution in [2.75, 3.05) is 65.8 Å². The van der Waals surface area contributed by atoms with E-state index in [9.17, 15) is 0 Å². The number of hydrogen-bond acceptors (Lipinski definition) is 6. The highest BCUT2D eigenvalue weighted by Gasteiger charge is 2.15. The molecule has 38 heavy (non-hydrogen) atoms. The van der Waals surface area contributed by atoms with Gasteiger partial charge in [-0.05, 0) is 76.9 Å². The van der Waals surface area contributed by atoms with Crippen molar-refractivity contribution in [2.45, 2.75) is 67.5 Å². The molecule has 0 N–H and O–H groups in total. The summed E-state index contributed by atoms with van der Waals surface area (Å²) in [7, 11) is 0. The van der Waals surface area contributed by atoms with Crippen LogP contribution in [0.2, 0.25) is 0 Å². The normalized spacial score (nSPS) is 13.2. The molecule has 2 aromatic rings. The summed E-state index contributed by atoms with van der Waals surface area (Å²) in [5.41, 5.74) is 4.74. The Kier molecular flexibility index (Phi) is 14.8. The molecule has 6 nitrogen and oxygen atoms in total. The summed E-state index contributed by atoms with van der Waals surface area (Å²) in [6, 6.07) is 13.2. The van der Waals surface area contributed by atoms with Gasteiger partial charge in [0.05, 0.1) is 26.4 Å². The number of aryl methyl sites for hydroxylation is 4. The molecule has 6 heteroatoms. The van der Waals surface area contributed by atoms with Crippen molar-refractivity contribution in [1.29, 1.82) is 0 Å². The Balaban J connectivity index is 1.58. The summed E-state index contributed by atoms with van der Waals surface area (Å²) in [6.07, 6.45) is 0. The van der Waals surface area contributed by atoms with Crippen molar-refractivity contribution >= 4 is 0 Å². The Morgan fingerprint density at radius 2 is 0.921 bits per heavy atom. The molecule has 0 amide bonds. The van der Waals surface area contributed by atoms with Crippen LogP contribution in [-0.4, -0.2) is 87.7 Å². The van der Waals surface area contributed by atoms with Gasteiger partial charge >= 0.3 is 0 Å². The topological polar surface area (TPSA) is 43.4 Å². The summed E-state index contributed by atoms with van der Waals surface area (Å²) in [5.74, 6) is 2.02. The van der Waals surface area contributed by atoms with Crippen molar-refractivity contribution in [1.82, 2.24) is 9.80 Å². The molecular weight excluding hydrogens is 476 g/mol. The Bertz CT molecular complexity index is 820. The van der Waals surface area contributed by atoms with Crippen molar-refractivity contribution in [3.63, 3.8) is 0 Å². The maximum atomic E-state index is 6.16. The molecule has 2 aromatic carbocycles. The Morgan fingerprint density at radius 3 is 1.24 bits per heavy atom. The van der Waals surface area contributed by atoms with E-state index in [1.54, 1.807) is 0 Å². The molecule has 0 aliphatic carbocycles. The van der Waals surface area contributed by atoms with Gasteiger partial charge in [-0.15, -0.1) is 0 Å². The van der Waals surface area contributed by atoms with Crippen molar-refractivity contribution in [2.24, 2.45) is 0 Å². The van der Waals surface area contributed by atoms with Gasteiger partial charge < -0.3 is 18.9 Å². The summed E-state index contributed by atoms with van der Waals surface area (Å²) >= 11 is 0. The summed E-state index contributed by atoms with van der Waals surface area (Å²) in [4.78, 5) is 4.80. The Hall–Kier alpha value is -2.12. The molecular formula is C32H52N2O4. The minimum atomic E-state index is 0.319. The third-order valence-electron chi connectivity index (χ3n) is 7.23. The number of likely N-dealkylation sites (N-methyl/N-ethyl adjacent to an activating group) is 2. The third kappa shape index (κ3) is 10.6. The van der Waals surface area contributed by atoms with Crippen LogP contribution in [0.25, 0.3) is 0 Å². The summed E-state index contributed by atoms with van der Waals surface area (Å²) < 4.78 is 24.1. The highest BCUT2D eigenvalue weighted by Crippen LogP contribution is 2.23. The molecule has 2 rings (SSSR count). The minimum absolute atomic E-state index is 0.319. The zero-order valence-electron chi connectivity index (χ0n) is 25.2. The molecule has 0 saturated carbocycles. The standard InChI is InChI=1S/C32H52N2O4/c1-9-33(29(7)23-37-31-25(3)13-11-14-26(31)4)17-19-35-21-22-36-20-18-34(10-2)30(8)24-38-32-27(5)15-12-16-28(32)6/h11-16,29-30H,9-10,17-24H2,1-8H3. The van der Waals surface area contributed by atoms with E-state index in [0.29, 0.717) is 51.7 Å². The molecule has 2 unspecified atom stereocenters. The Labute approximate surface area is 232 Å². The number of rotatable bonds is 19. The average molecular weight is 529 g/mol. The predicted octanol–water partition coefficient (Wildman–Crippen LogP) is 5.83. The van der Waals surface area contributed by atoms with E-state index < -0.39 is 0 Å². The van der Waals surface area contributed by atoms with E-state index in [1.165, 1.54) is 22.3 Å². The summed E-state index contributed by atoms with van der Waals surface area (Å²) in [5, 5.41) is 0. The van der Waals surface area contributed by atoms with Crippen LogP contribution in [0, 0.1) is 27.7 Å². The molecule has 0 aromatic heterocycles. The van der Waals surface area contributed by atoms with E-state index in [2.05, 4.69) is 102 Å². The van der Waals surface area contributed by atoms with Crippen molar-refractivity contribution < 1.29 is 18.9 Å². The van der Waals surface area contributed by atoms with Crippen LogP contribution < -0.4 is 9.47 Å². The van der Waals surface area contributed by atoms with Crippen LogP contribution in [-0.2, 0) is 9.47 Å². The molecule has 2 atom stereocenters. The largest absolute Gasteiger partial charge is 0.491 e. The van der Waals surface area contributed by atoms with Crippen LogP contribution >= 0.6 is 0 Å². The minimum Gasteiger partial charge on any atom is -0.491 e. The van der Waals surface area contributed by atoms with Gasteiger partial charge in [-0.2, -0.15) is 0 Å². The van der Waals surface area contributed by atoms with Crippen LogP contribution in [0.5, 0.6) is 11.5 Å². The van der Waals surface area contributed by atoms with Crippen molar-refractivity contribution in [3.05, 3.63) is 58.7 Å². The highest BCUT2D eigenvalue weighted by molar-refractivity contribution is 5.40. The molecule has 0 aliphatic rings. The second-order valence-electron chi connectivity index (χ2n) is 10.2. The fourth-order valence-corrected chi connectivity index (χ4v) is 4.74. The first kappa shape index (κ1) is 32.1. The fraction of sp³-hybridized carbons (Fsp3) is 0.625. The van der Waals surface area contributed by atoms with Gasteiger partial charge in [-0.3, -0.25) is 9.80 Å². The van der Waals surface area contributed by atoms with Crippen LogP contribution in [0.4, 0.5) is 0 Å². The first-order chi connectivity index (χ1) is 18.3. The predicted molar refractivity (Wildman–Crippen MR) is 158 cm³/mol. The molecule has 0 aliphatic heterocycles. The second-order valence-corrected chi connectivity index (χ2v) is 10.2. The first-order valence-electron chi connectivity index (χ1n) is 14.3. The zero-order chi connectivity index (χ0) is 27.9. The van der Waals surface area contributed by atoms with E-state index in [0.717, 1.165) is 37.7 Å². The van der Waals surface area contributed by atoms with Gasteiger partial charge in [-0.25, -0.2) is 0 Å². The molecule has 0 heterocycles. The Morgan fingerprint density at radius 1 is 0.579 bits per heavy atom. The third-order valence-corrected chi connectivity index (χ3v) is 7.23. The van der Waals surface area contributed by atoms with E-state index in [4.69, 9.17) is 18.9 Å². The lowest BCUT2D eigenvalue weighted by atomic mass is 10.1. The zero-order valence-corrected chi connectivity index (χ0v) is 25.2. The number of para-hydroxylation sites is 2. The SMILES string of the molecule is CCN(CCOCCOCCN(CC)C(C)COc1c(C)cccc1C)C(C)COc1c(C)cccc1C. The van der Waals surface area contributed by atoms with Gasteiger partial charge in [0.25, 0.3) is 0 Å². The number of nitrogens with zero attached hydrogens (tertiary/aromatic N) is 2. The van der Waals surface area contributed by atoms with E-state index >= 15 is 0 Å². The number of ether oxygens (including phenoxy) is 4. The fourth-order valence-electron chi connectivity index (χ4n) is 4.74. The lowest BCUT2D eigenvalue weighted by Crippen LogP contribution is -2.40. The maximum Gasteiger partial charge on any atom is 0.125 e. The number of benzene rings is 2. The van der Waals surface area contributed by atoms with Gasteiger partial charge in [0.2, 0.25) is 0 Å². The lowest BCUT2D eigenvalue weighted by molar-refractivity contribution is 0.0213. The quantitative estimate of drug-likeness (QED) is 0.214. The first-order valence-corrected chi connectivity index (χ1v) is 14.3. The average Bonchev–Trinajstić information content (AvgIpc) is 2.89. The van der Waals surface area contributed by atoms with Crippen LogP contribution in [0.1, 0.15) is 49.9 Å². The molecule has 0 spiro atoms. The van der Waals surface area contributed by atoms with Gasteiger partial charge in [0, 0.05) is 25.2 Å². The molecule has 0 saturated heterocycles. The lowest BCUT2D eigenvalue weighted by Gasteiger charge is -2.28.